The molecular formula is C15H15NO3. The summed E-state index contributed by atoms with van der Waals surface area (Å²) >= 11 is 0. The predicted molar refractivity (Wildman–Crippen MR) is 71.6 cm³/mol. The summed E-state index contributed by atoms with van der Waals surface area (Å²) in [4.78, 5) is 24.0. The number of rotatable bonds is 2. The van der Waals surface area contributed by atoms with Gasteiger partial charge in [-0.3, -0.25) is 4.79 Å². The van der Waals surface area contributed by atoms with E-state index in [0.717, 1.165) is 22.0 Å². The maximum atomic E-state index is 12.1. The molecule has 0 fully saturated rings. The first-order valence-corrected chi connectivity index (χ1v) is 6.46. The maximum absolute atomic E-state index is 12.1. The molecule has 19 heavy (non-hydrogen) atoms. The zero-order chi connectivity index (χ0) is 13.6. The highest BCUT2D eigenvalue weighted by molar-refractivity contribution is 6.11. The van der Waals surface area contributed by atoms with Crippen molar-refractivity contribution in [2.24, 2.45) is 0 Å². The number of carbonyl (C=O) groups is 2. The molecule has 0 spiro atoms. The molecule has 4 heteroatoms. The van der Waals surface area contributed by atoms with Gasteiger partial charge in [0.25, 0.3) is 0 Å². The number of aryl methyl sites for hydroxylation is 2. The van der Waals surface area contributed by atoms with Crippen molar-refractivity contribution >= 4 is 22.7 Å². The Bertz CT molecular complexity index is 697. The van der Waals surface area contributed by atoms with Crippen LogP contribution in [0.15, 0.2) is 18.2 Å². The van der Waals surface area contributed by atoms with Gasteiger partial charge in [-0.15, -0.1) is 0 Å². The third-order valence-electron chi connectivity index (χ3n) is 3.60. The quantitative estimate of drug-likeness (QED) is 0.777. The summed E-state index contributed by atoms with van der Waals surface area (Å²) in [5.41, 5.74) is 3.13. The van der Waals surface area contributed by atoms with E-state index in [1.54, 1.807) is 6.92 Å². The van der Waals surface area contributed by atoms with Crippen LogP contribution in [0.4, 0.5) is 0 Å². The third kappa shape index (κ3) is 1.67. The predicted octanol–water partition coefficient (Wildman–Crippen LogP) is 2.71. The first-order chi connectivity index (χ1) is 9.13. The second-order valence-electron chi connectivity index (χ2n) is 4.77. The highest BCUT2D eigenvalue weighted by Crippen LogP contribution is 2.31. The largest absolute Gasteiger partial charge is 0.461 e. The van der Waals surface area contributed by atoms with Gasteiger partial charge in [-0.05, 0) is 25.5 Å². The van der Waals surface area contributed by atoms with Crippen LogP contribution in [0.2, 0.25) is 0 Å². The Kier molecular flexibility index (Phi) is 2.66. The number of hydrogen-bond donors (Lipinski definition) is 0. The van der Waals surface area contributed by atoms with Gasteiger partial charge >= 0.3 is 5.97 Å². The summed E-state index contributed by atoms with van der Waals surface area (Å²) in [7, 11) is 0. The van der Waals surface area contributed by atoms with Crippen molar-refractivity contribution in [1.29, 1.82) is 0 Å². The van der Waals surface area contributed by atoms with Crippen molar-refractivity contribution in [3.05, 3.63) is 35.0 Å². The van der Waals surface area contributed by atoms with E-state index in [4.69, 9.17) is 4.74 Å². The zero-order valence-corrected chi connectivity index (χ0v) is 11.0. The number of ketones is 1. The monoisotopic (exact) mass is 257 g/mol. The number of hydrogen-bond acceptors (Lipinski definition) is 3. The molecule has 98 valence electrons. The summed E-state index contributed by atoms with van der Waals surface area (Å²) in [5, 5.41) is 0.928. The average Bonchev–Trinajstić information content (AvgIpc) is 2.76. The highest BCUT2D eigenvalue weighted by Gasteiger charge is 2.26. The normalized spacial score (nSPS) is 13.9. The van der Waals surface area contributed by atoms with Crippen LogP contribution in [-0.2, 0) is 11.3 Å². The van der Waals surface area contributed by atoms with Crippen LogP contribution in [-0.4, -0.2) is 22.9 Å². The SMILES string of the molecule is CCOC(=O)c1cc2ccc(C)c3c2n1CCC3=O. The van der Waals surface area contributed by atoms with E-state index in [9.17, 15) is 9.59 Å². The van der Waals surface area contributed by atoms with Crippen molar-refractivity contribution < 1.29 is 14.3 Å². The summed E-state index contributed by atoms with van der Waals surface area (Å²) in [6.07, 6.45) is 0.439. The van der Waals surface area contributed by atoms with Crippen LogP contribution in [0.25, 0.3) is 10.9 Å². The van der Waals surface area contributed by atoms with E-state index in [1.165, 1.54) is 0 Å². The number of Topliss-reactive ketones (excluding diaryl/α,β-unsaturated/α-hetero) is 1. The van der Waals surface area contributed by atoms with Crippen LogP contribution in [0.1, 0.15) is 39.8 Å². The molecule has 0 saturated heterocycles. The molecule has 1 aliphatic heterocycles. The lowest BCUT2D eigenvalue weighted by molar-refractivity contribution is 0.0513. The molecule has 1 aromatic carbocycles. The molecule has 3 rings (SSSR count). The number of nitrogens with zero attached hydrogens (tertiary/aromatic N) is 1. The average molecular weight is 257 g/mol. The van der Waals surface area contributed by atoms with Crippen LogP contribution in [0.3, 0.4) is 0 Å². The lowest BCUT2D eigenvalue weighted by Gasteiger charge is -2.18. The minimum absolute atomic E-state index is 0.157. The smallest absolute Gasteiger partial charge is 0.354 e. The molecule has 0 aliphatic carbocycles. The van der Waals surface area contributed by atoms with Crippen molar-refractivity contribution in [1.82, 2.24) is 4.57 Å². The van der Waals surface area contributed by atoms with E-state index in [1.807, 2.05) is 29.7 Å². The minimum Gasteiger partial charge on any atom is -0.461 e. The van der Waals surface area contributed by atoms with Crippen molar-refractivity contribution in [2.75, 3.05) is 6.61 Å². The van der Waals surface area contributed by atoms with Gasteiger partial charge in [-0.25, -0.2) is 4.79 Å². The summed E-state index contributed by atoms with van der Waals surface area (Å²) in [5.74, 6) is -0.166. The molecule has 0 atom stereocenters. The Morgan fingerprint density at radius 1 is 1.42 bits per heavy atom. The van der Waals surface area contributed by atoms with Gasteiger partial charge in [0.2, 0.25) is 0 Å². The fourth-order valence-corrected chi connectivity index (χ4v) is 2.76. The van der Waals surface area contributed by atoms with Crippen LogP contribution in [0.5, 0.6) is 0 Å². The van der Waals surface area contributed by atoms with Gasteiger partial charge in [-0.1, -0.05) is 12.1 Å². The minimum atomic E-state index is -0.323. The molecule has 0 radical (unpaired) electrons. The number of carbonyl (C=O) groups excluding carboxylic acids is 2. The third-order valence-corrected chi connectivity index (χ3v) is 3.60. The number of aromatic nitrogens is 1. The number of benzene rings is 1. The Morgan fingerprint density at radius 3 is 2.95 bits per heavy atom. The van der Waals surface area contributed by atoms with Crippen LogP contribution >= 0.6 is 0 Å². The van der Waals surface area contributed by atoms with E-state index in [-0.39, 0.29) is 11.8 Å². The Morgan fingerprint density at radius 2 is 2.21 bits per heavy atom. The molecule has 4 nitrogen and oxygen atoms in total. The van der Waals surface area contributed by atoms with Gasteiger partial charge in [0.1, 0.15) is 5.69 Å². The van der Waals surface area contributed by atoms with Gasteiger partial charge in [0, 0.05) is 23.9 Å². The molecule has 0 N–H and O–H groups in total. The molecule has 0 saturated carbocycles. The fraction of sp³-hybridized carbons (Fsp3) is 0.333. The lowest BCUT2D eigenvalue weighted by atomic mass is 9.97. The van der Waals surface area contributed by atoms with Gasteiger partial charge in [0.05, 0.1) is 12.1 Å². The Labute approximate surface area is 111 Å². The lowest BCUT2D eigenvalue weighted by Crippen LogP contribution is -2.19. The number of esters is 1. The summed E-state index contributed by atoms with van der Waals surface area (Å²) in [6, 6.07) is 5.70. The number of ether oxygens (including phenoxy) is 1. The molecule has 0 unspecified atom stereocenters. The fourth-order valence-electron chi connectivity index (χ4n) is 2.76. The molecule has 0 bridgehead atoms. The van der Waals surface area contributed by atoms with Gasteiger partial charge in [0.15, 0.2) is 5.78 Å². The zero-order valence-electron chi connectivity index (χ0n) is 11.0. The van der Waals surface area contributed by atoms with E-state index >= 15 is 0 Å². The van der Waals surface area contributed by atoms with Gasteiger partial charge < -0.3 is 9.30 Å². The topological polar surface area (TPSA) is 48.3 Å². The van der Waals surface area contributed by atoms with E-state index in [0.29, 0.717) is 25.3 Å². The Hall–Kier alpha value is -2.10. The van der Waals surface area contributed by atoms with Crippen LogP contribution < -0.4 is 0 Å². The molecular weight excluding hydrogens is 242 g/mol. The summed E-state index contributed by atoms with van der Waals surface area (Å²) in [6.45, 7) is 4.62. The molecule has 2 aromatic rings. The van der Waals surface area contributed by atoms with E-state index < -0.39 is 0 Å². The van der Waals surface area contributed by atoms with E-state index in [2.05, 4.69) is 0 Å². The maximum Gasteiger partial charge on any atom is 0.354 e. The van der Waals surface area contributed by atoms with Crippen LogP contribution in [0, 0.1) is 6.92 Å². The Balaban J connectivity index is 2.30. The van der Waals surface area contributed by atoms with Crippen molar-refractivity contribution in [2.45, 2.75) is 26.8 Å². The first-order valence-electron chi connectivity index (χ1n) is 6.46. The standard InChI is InChI=1S/C15H15NO3/c1-3-19-15(18)11-8-10-5-4-9(2)13-12(17)6-7-16(11)14(10)13/h4-5,8H,3,6-7H2,1-2H3. The van der Waals surface area contributed by atoms with Crippen molar-refractivity contribution in [3.8, 4) is 0 Å². The molecule has 1 aromatic heterocycles. The second-order valence-corrected chi connectivity index (χ2v) is 4.77. The summed E-state index contributed by atoms with van der Waals surface area (Å²) < 4.78 is 6.99. The van der Waals surface area contributed by atoms with Gasteiger partial charge in [-0.2, -0.15) is 0 Å². The van der Waals surface area contributed by atoms with Crippen molar-refractivity contribution in [3.63, 3.8) is 0 Å². The highest BCUT2D eigenvalue weighted by atomic mass is 16.5. The second kappa shape index (κ2) is 4.23. The molecule has 0 amide bonds. The molecule has 2 heterocycles. The molecule has 1 aliphatic rings. The first kappa shape index (κ1) is 12.0.